The van der Waals surface area contributed by atoms with Crippen molar-refractivity contribution in [2.24, 2.45) is 0 Å². The van der Waals surface area contributed by atoms with E-state index in [1.54, 1.807) is 0 Å². The summed E-state index contributed by atoms with van der Waals surface area (Å²) in [7, 11) is -13.3. The molecule has 22 heavy (non-hydrogen) atoms. The van der Waals surface area contributed by atoms with Crippen LogP contribution < -0.4 is 0 Å². The van der Waals surface area contributed by atoms with Crippen molar-refractivity contribution in [2.75, 3.05) is 19.8 Å². The summed E-state index contributed by atoms with van der Waals surface area (Å²) in [6.45, 7) is 4.00. The first-order valence-corrected chi connectivity index (χ1v) is 8.99. The molecule has 0 atom stereocenters. The molecule has 0 amide bonds. The van der Waals surface area contributed by atoms with Crippen LogP contribution in [0.3, 0.4) is 0 Å². The molecule has 0 aliphatic rings. The average molecular weight is 427 g/mol. The van der Waals surface area contributed by atoms with E-state index in [0.717, 1.165) is 0 Å². The Balaban J connectivity index is -0.000000108. The van der Waals surface area contributed by atoms with Crippen molar-refractivity contribution in [3.63, 3.8) is 0 Å². The molecule has 0 aromatic heterocycles. The second-order valence-electron chi connectivity index (χ2n) is 2.44. The van der Waals surface area contributed by atoms with Gasteiger partial charge in [0, 0.05) is 0 Å². The van der Waals surface area contributed by atoms with E-state index < -0.39 is 31.2 Å². The van der Waals surface area contributed by atoms with Crippen molar-refractivity contribution >= 4 is 31.2 Å². The van der Waals surface area contributed by atoms with E-state index in [1.807, 2.05) is 0 Å². The second kappa shape index (κ2) is 14.7. The predicted octanol–water partition coefficient (Wildman–Crippen LogP) is -1.55. The van der Waals surface area contributed by atoms with Gasteiger partial charge in [-0.3, -0.25) is 12.5 Å². The first-order valence-electron chi connectivity index (χ1n) is 4.99. The van der Waals surface area contributed by atoms with Crippen LogP contribution in [0.15, 0.2) is 0 Å². The molecule has 0 saturated heterocycles. The quantitative estimate of drug-likeness (QED) is 0.349. The van der Waals surface area contributed by atoms with Crippen molar-refractivity contribution in [3.05, 3.63) is 0 Å². The molecule has 0 fully saturated rings. The molecule has 0 aliphatic carbocycles. The van der Waals surface area contributed by atoms with E-state index in [0.29, 0.717) is 0 Å². The summed E-state index contributed by atoms with van der Waals surface area (Å²) in [6.07, 6.45) is 0. The van der Waals surface area contributed by atoms with Crippen LogP contribution in [0.4, 0.5) is 0 Å². The molecule has 0 unspecified atom stereocenters. The summed E-state index contributed by atoms with van der Waals surface area (Å²) < 4.78 is 96.0. The normalized spacial score (nSPS) is 11.2. The van der Waals surface area contributed by atoms with E-state index in [1.165, 1.54) is 20.8 Å². The topological polar surface area (TPSA) is 199 Å². The Morgan fingerprint density at radius 1 is 0.591 bits per heavy atom. The zero-order valence-electron chi connectivity index (χ0n) is 11.7. The van der Waals surface area contributed by atoms with Crippen molar-refractivity contribution < 1.29 is 68.8 Å². The van der Waals surface area contributed by atoms with Gasteiger partial charge in [0.15, 0.2) is 0 Å². The Labute approximate surface area is 140 Å². The molecule has 12 nitrogen and oxygen atoms in total. The van der Waals surface area contributed by atoms with Gasteiger partial charge in [0.2, 0.25) is 31.2 Å². The molecule has 135 valence electrons. The van der Waals surface area contributed by atoms with Crippen LogP contribution in [0.2, 0.25) is 0 Å². The van der Waals surface area contributed by atoms with Gasteiger partial charge in [0.25, 0.3) is 0 Å². The molecule has 16 heteroatoms. The van der Waals surface area contributed by atoms with E-state index >= 15 is 0 Å². The molecule has 1 radical (unpaired) electrons. The van der Waals surface area contributed by atoms with Gasteiger partial charge in [-0.2, -0.15) is 0 Å². The van der Waals surface area contributed by atoms with Crippen LogP contribution in [0.5, 0.6) is 0 Å². The molecule has 0 aliphatic heterocycles. The molecule has 0 aromatic carbocycles. The standard InChI is InChI=1S/3C2H6O4S.Cr/c3*1-2-6-7(3,4)5;/h3*2H2,1H3,(H,3,4,5);/q;;;+3/p-3. The fourth-order valence-corrected chi connectivity index (χ4v) is 1.30. The largest absolute Gasteiger partial charge is 3.00 e. The molecule has 0 N–H and O–H groups in total. The minimum atomic E-state index is -4.42. The van der Waals surface area contributed by atoms with Crippen molar-refractivity contribution in [3.8, 4) is 0 Å². The van der Waals surface area contributed by atoms with E-state index in [9.17, 15) is 38.9 Å². The molecular weight excluding hydrogens is 412 g/mol. The summed E-state index contributed by atoms with van der Waals surface area (Å²) in [5, 5.41) is 0. The number of hydrogen-bond donors (Lipinski definition) is 0. The van der Waals surface area contributed by atoms with Crippen LogP contribution >= 0.6 is 0 Å². The third-order valence-electron chi connectivity index (χ3n) is 0.787. The summed E-state index contributed by atoms with van der Waals surface area (Å²) in [5.74, 6) is 0. The summed E-state index contributed by atoms with van der Waals surface area (Å²) in [5.41, 5.74) is 0. The monoisotopic (exact) mass is 427 g/mol. The summed E-state index contributed by atoms with van der Waals surface area (Å²) in [6, 6.07) is 0. The first-order chi connectivity index (χ1) is 9.18. The Hall–Kier alpha value is 0.142. The SMILES string of the molecule is CCOS(=O)(=O)[O-].CCOS(=O)(=O)[O-].CCOS(=O)(=O)[O-].[Cr+3]. The Bertz CT molecular complexity index is 455. The van der Waals surface area contributed by atoms with Gasteiger partial charge in [-0.15, -0.1) is 0 Å². The van der Waals surface area contributed by atoms with Gasteiger partial charge in [-0.05, 0) is 20.8 Å². The minimum Gasteiger partial charge on any atom is -0.726 e. The third-order valence-corrected chi connectivity index (χ3v) is 2.36. The third kappa shape index (κ3) is 50.1. The summed E-state index contributed by atoms with van der Waals surface area (Å²) in [4.78, 5) is 0. The van der Waals surface area contributed by atoms with Crippen LogP contribution in [0.25, 0.3) is 0 Å². The minimum absolute atomic E-state index is 0. The average Bonchev–Trinajstić information content (AvgIpc) is 2.12. The van der Waals surface area contributed by atoms with Gasteiger partial charge in [-0.1, -0.05) is 0 Å². The molecule has 0 heterocycles. The maximum absolute atomic E-state index is 9.45. The second-order valence-corrected chi connectivity index (χ2v) is 5.60. The molecule has 0 rings (SSSR count). The van der Waals surface area contributed by atoms with Crippen LogP contribution in [0, 0.1) is 0 Å². The molecular formula is C6H15CrO12S3. The van der Waals surface area contributed by atoms with Gasteiger partial charge in [0.05, 0.1) is 19.8 Å². The van der Waals surface area contributed by atoms with Crippen LogP contribution in [-0.2, 0) is 61.1 Å². The summed E-state index contributed by atoms with van der Waals surface area (Å²) >= 11 is 0. The van der Waals surface area contributed by atoms with Gasteiger partial charge in [-0.25, -0.2) is 25.3 Å². The fourth-order valence-electron chi connectivity index (χ4n) is 0.433. The van der Waals surface area contributed by atoms with Crippen molar-refractivity contribution in [1.29, 1.82) is 0 Å². The zero-order valence-corrected chi connectivity index (χ0v) is 15.4. The van der Waals surface area contributed by atoms with Gasteiger partial charge < -0.3 is 13.7 Å². The van der Waals surface area contributed by atoms with Gasteiger partial charge >= 0.3 is 17.4 Å². The molecule has 0 aromatic rings. The van der Waals surface area contributed by atoms with Gasteiger partial charge in [0.1, 0.15) is 0 Å². The van der Waals surface area contributed by atoms with E-state index in [2.05, 4.69) is 12.5 Å². The van der Waals surface area contributed by atoms with Crippen LogP contribution in [-0.4, -0.2) is 58.7 Å². The smallest absolute Gasteiger partial charge is 0.726 e. The molecule has 0 bridgehead atoms. The van der Waals surface area contributed by atoms with Crippen molar-refractivity contribution in [2.45, 2.75) is 20.8 Å². The predicted molar refractivity (Wildman–Crippen MR) is 64.0 cm³/mol. The number of hydrogen-bond acceptors (Lipinski definition) is 12. The molecule has 0 saturated carbocycles. The Morgan fingerprint density at radius 3 is 0.727 bits per heavy atom. The van der Waals surface area contributed by atoms with E-state index in [-0.39, 0.29) is 37.2 Å². The maximum Gasteiger partial charge on any atom is 3.00 e. The Morgan fingerprint density at radius 2 is 0.727 bits per heavy atom. The maximum atomic E-state index is 9.45. The van der Waals surface area contributed by atoms with E-state index in [4.69, 9.17) is 0 Å². The number of rotatable bonds is 6. The fraction of sp³-hybridized carbons (Fsp3) is 1.00. The first kappa shape index (κ1) is 30.1. The Kier molecular flexibility index (Phi) is 20.1. The van der Waals surface area contributed by atoms with Crippen molar-refractivity contribution in [1.82, 2.24) is 0 Å². The zero-order chi connectivity index (χ0) is 17.7. The molecule has 0 spiro atoms. The van der Waals surface area contributed by atoms with Crippen LogP contribution in [0.1, 0.15) is 20.8 Å².